The lowest BCUT2D eigenvalue weighted by atomic mass is 9.88. The molecular formula is C26H27N3O6S2. The van der Waals surface area contributed by atoms with Crippen LogP contribution in [0.15, 0.2) is 59.5 Å². The Hall–Kier alpha value is -3.70. The number of thiophene rings is 1. The summed E-state index contributed by atoms with van der Waals surface area (Å²) in [6, 6.07) is 13.9. The first kappa shape index (κ1) is 26.4. The molecule has 194 valence electrons. The number of hydrogen-bond donors (Lipinski definition) is 3. The van der Waals surface area contributed by atoms with E-state index < -0.39 is 27.9 Å². The maximum atomic E-state index is 13.0. The van der Waals surface area contributed by atoms with Crippen molar-refractivity contribution in [3.8, 4) is 0 Å². The summed E-state index contributed by atoms with van der Waals surface area (Å²) in [4.78, 5) is 39.0. The molecule has 1 aromatic heterocycles. The Bertz CT molecular complexity index is 1420. The number of sulfonamides is 1. The Morgan fingerprint density at radius 1 is 1.03 bits per heavy atom. The maximum Gasteiger partial charge on any atom is 0.414 e. The number of alkyl carbamates (subject to hydrolysis) is 1. The average molecular weight is 542 g/mol. The Labute approximate surface area is 219 Å². The second kappa shape index (κ2) is 11.1. The monoisotopic (exact) mass is 541 g/mol. The molecule has 0 saturated heterocycles. The van der Waals surface area contributed by atoms with Crippen molar-refractivity contribution in [2.75, 3.05) is 16.6 Å². The van der Waals surface area contributed by atoms with E-state index in [-0.39, 0.29) is 22.6 Å². The minimum atomic E-state index is -3.76. The molecule has 3 N–H and O–H groups in total. The van der Waals surface area contributed by atoms with E-state index in [1.807, 2.05) is 0 Å². The molecule has 9 nitrogen and oxygen atoms in total. The van der Waals surface area contributed by atoms with Crippen LogP contribution in [-0.4, -0.2) is 32.9 Å². The number of nitrogens with one attached hydrogen (secondary N) is 3. The fourth-order valence-corrected chi connectivity index (χ4v) is 6.56. The van der Waals surface area contributed by atoms with Crippen molar-refractivity contribution in [2.45, 2.75) is 38.0 Å². The highest BCUT2D eigenvalue weighted by Gasteiger charge is 2.29. The second-order valence-electron chi connectivity index (χ2n) is 8.68. The van der Waals surface area contributed by atoms with Crippen molar-refractivity contribution in [3.63, 3.8) is 0 Å². The zero-order chi connectivity index (χ0) is 26.6. The van der Waals surface area contributed by atoms with Gasteiger partial charge in [0.25, 0.3) is 21.8 Å². The summed E-state index contributed by atoms with van der Waals surface area (Å²) in [6.45, 7) is 3.90. The first-order valence-corrected chi connectivity index (χ1v) is 14.1. The summed E-state index contributed by atoms with van der Waals surface area (Å²) in [5.41, 5.74) is 1.70. The summed E-state index contributed by atoms with van der Waals surface area (Å²) >= 11 is 1.33. The third kappa shape index (κ3) is 6.17. The average Bonchev–Trinajstić information content (AvgIpc) is 3.21. The van der Waals surface area contributed by atoms with Crippen LogP contribution in [-0.2, 0) is 27.6 Å². The van der Waals surface area contributed by atoms with E-state index >= 15 is 0 Å². The fraction of sp³-hybridized carbons (Fsp3) is 0.269. The van der Waals surface area contributed by atoms with Gasteiger partial charge in [0.2, 0.25) is 0 Å². The predicted molar refractivity (Wildman–Crippen MR) is 142 cm³/mol. The topological polar surface area (TPSA) is 131 Å². The number of amides is 3. The lowest BCUT2D eigenvalue weighted by molar-refractivity contribution is 0.0925. The predicted octanol–water partition coefficient (Wildman–Crippen LogP) is 4.81. The van der Waals surface area contributed by atoms with E-state index in [9.17, 15) is 22.8 Å². The summed E-state index contributed by atoms with van der Waals surface area (Å²) in [6.07, 6.45) is 1.51. The molecule has 1 unspecified atom stereocenters. The fourth-order valence-electron chi connectivity index (χ4n) is 4.08. The molecule has 2 aromatic carbocycles. The van der Waals surface area contributed by atoms with Crippen LogP contribution in [0.3, 0.4) is 0 Å². The molecule has 0 aliphatic heterocycles. The molecule has 1 aliphatic carbocycles. The Kier molecular flexibility index (Phi) is 7.94. The van der Waals surface area contributed by atoms with Gasteiger partial charge in [-0.05, 0) is 74.1 Å². The van der Waals surface area contributed by atoms with Crippen molar-refractivity contribution in [1.29, 1.82) is 0 Å². The van der Waals surface area contributed by atoms with Crippen molar-refractivity contribution >= 4 is 50.0 Å². The molecule has 1 heterocycles. The van der Waals surface area contributed by atoms with Crippen molar-refractivity contribution in [3.05, 3.63) is 76.2 Å². The summed E-state index contributed by atoms with van der Waals surface area (Å²) in [7, 11) is -3.76. The highest BCUT2D eigenvalue weighted by molar-refractivity contribution is 7.92. The SMILES string of the molecule is CCOC(=O)NC(=O)c1c(NC(=O)c2ccc(NS(=O)(=O)c3ccccc3)cc2)sc2c1CCC(C)C2. The molecular weight excluding hydrogens is 514 g/mol. The van der Waals surface area contributed by atoms with Gasteiger partial charge in [-0.25, -0.2) is 13.2 Å². The summed E-state index contributed by atoms with van der Waals surface area (Å²) in [5.74, 6) is -0.636. The quantitative estimate of drug-likeness (QED) is 0.393. The molecule has 0 radical (unpaired) electrons. The Morgan fingerprint density at radius 2 is 1.73 bits per heavy atom. The smallest absolute Gasteiger partial charge is 0.414 e. The molecule has 0 saturated carbocycles. The molecule has 3 aromatic rings. The number of anilines is 2. The lowest BCUT2D eigenvalue weighted by Gasteiger charge is -2.18. The number of rotatable bonds is 7. The van der Waals surface area contributed by atoms with Crippen LogP contribution < -0.4 is 15.4 Å². The number of carbonyl (C=O) groups is 3. The van der Waals surface area contributed by atoms with Crippen LogP contribution in [0.1, 0.15) is 51.4 Å². The van der Waals surface area contributed by atoms with E-state index in [0.29, 0.717) is 23.0 Å². The highest BCUT2D eigenvalue weighted by Crippen LogP contribution is 2.40. The lowest BCUT2D eigenvalue weighted by Crippen LogP contribution is -2.32. The van der Waals surface area contributed by atoms with E-state index in [2.05, 4.69) is 22.3 Å². The standard InChI is InChI=1S/C26H27N3O6S2/c1-3-35-26(32)28-24(31)22-20-14-9-16(2)15-21(20)36-25(22)27-23(30)17-10-12-18(13-11-17)29-37(33,34)19-7-5-4-6-8-19/h4-8,10-13,16,29H,3,9,14-15H2,1-2H3,(H,27,30)(H,28,31,32). The van der Waals surface area contributed by atoms with Gasteiger partial charge in [-0.15, -0.1) is 11.3 Å². The van der Waals surface area contributed by atoms with Crippen LogP contribution in [0.4, 0.5) is 15.5 Å². The van der Waals surface area contributed by atoms with Gasteiger partial charge in [-0.2, -0.15) is 0 Å². The number of imide groups is 1. The number of ether oxygens (including phenoxy) is 1. The van der Waals surface area contributed by atoms with E-state index in [0.717, 1.165) is 23.3 Å². The van der Waals surface area contributed by atoms with Gasteiger partial charge < -0.3 is 10.1 Å². The highest BCUT2D eigenvalue weighted by atomic mass is 32.2. The third-order valence-electron chi connectivity index (χ3n) is 5.91. The molecule has 1 aliphatic rings. The number of fused-ring (bicyclic) bond motifs is 1. The van der Waals surface area contributed by atoms with Crippen LogP contribution in [0.2, 0.25) is 0 Å². The molecule has 0 bridgehead atoms. The number of benzene rings is 2. The summed E-state index contributed by atoms with van der Waals surface area (Å²) in [5, 5.41) is 5.40. The van der Waals surface area contributed by atoms with Gasteiger partial charge in [-0.1, -0.05) is 25.1 Å². The minimum absolute atomic E-state index is 0.124. The zero-order valence-corrected chi connectivity index (χ0v) is 22.0. The largest absolute Gasteiger partial charge is 0.450 e. The molecule has 0 fully saturated rings. The molecule has 1 atom stereocenters. The first-order valence-electron chi connectivity index (χ1n) is 11.8. The Balaban J connectivity index is 1.53. The maximum absolute atomic E-state index is 13.0. The molecule has 4 rings (SSSR count). The van der Waals surface area contributed by atoms with Crippen LogP contribution >= 0.6 is 11.3 Å². The van der Waals surface area contributed by atoms with Gasteiger partial charge in [0, 0.05) is 16.1 Å². The second-order valence-corrected chi connectivity index (χ2v) is 11.5. The number of hydrogen-bond acceptors (Lipinski definition) is 7. The number of carbonyl (C=O) groups excluding carboxylic acids is 3. The van der Waals surface area contributed by atoms with Gasteiger partial charge in [0.05, 0.1) is 17.1 Å². The van der Waals surface area contributed by atoms with Crippen LogP contribution in [0.25, 0.3) is 0 Å². The zero-order valence-electron chi connectivity index (χ0n) is 20.4. The Morgan fingerprint density at radius 3 is 2.41 bits per heavy atom. The van der Waals surface area contributed by atoms with Crippen molar-refractivity contribution in [1.82, 2.24) is 5.32 Å². The minimum Gasteiger partial charge on any atom is -0.450 e. The van der Waals surface area contributed by atoms with Crippen LogP contribution in [0, 0.1) is 5.92 Å². The van der Waals surface area contributed by atoms with E-state index in [1.165, 1.54) is 47.7 Å². The van der Waals surface area contributed by atoms with E-state index in [1.54, 1.807) is 25.1 Å². The van der Waals surface area contributed by atoms with Crippen molar-refractivity contribution < 1.29 is 27.5 Å². The van der Waals surface area contributed by atoms with Crippen molar-refractivity contribution in [2.24, 2.45) is 5.92 Å². The normalized spacial score (nSPS) is 14.8. The molecule has 3 amide bonds. The van der Waals surface area contributed by atoms with Gasteiger partial charge >= 0.3 is 6.09 Å². The molecule has 11 heteroatoms. The third-order valence-corrected chi connectivity index (χ3v) is 8.48. The van der Waals surface area contributed by atoms with Crippen LogP contribution in [0.5, 0.6) is 0 Å². The molecule has 0 spiro atoms. The molecule has 37 heavy (non-hydrogen) atoms. The van der Waals surface area contributed by atoms with Gasteiger partial charge in [0.1, 0.15) is 5.00 Å². The van der Waals surface area contributed by atoms with Gasteiger partial charge in [0.15, 0.2) is 0 Å². The first-order chi connectivity index (χ1) is 17.7. The summed E-state index contributed by atoms with van der Waals surface area (Å²) < 4.78 is 32.4. The van der Waals surface area contributed by atoms with Gasteiger partial charge in [-0.3, -0.25) is 19.6 Å². The van der Waals surface area contributed by atoms with E-state index in [4.69, 9.17) is 4.74 Å².